The molecule has 3 nitrogen and oxygen atoms in total. The monoisotopic (exact) mass is 271 g/mol. The van der Waals surface area contributed by atoms with E-state index in [0.29, 0.717) is 13.2 Å². The highest BCUT2D eigenvalue weighted by molar-refractivity contribution is 5.41. The first kappa shape index (κ1) is 14.4. The molecule has 0 saturated carbocycles. The Morgan fingerprint density at radius 2 is 1.80 bits per heavy atom. The fraction of sp³-hybridized carbons (Fsp3) is 0.294. The molecule has 0 amide bonds. The average molecular weight is 271 g/mol. The van der Waals surface area contributed by atoms with Gasteiger partial charge in [0.2, 0.25) is 0 Å². The van der Waals surface area contributed by atoms with Crippen LogP contribution in [0.5, 0.6) is 11.5 Å². The fourth-order valence-electron chi connectivity index (χ4n) is 2.08. The molecular weight excluding hydrogens is 250 g/mol. The van der Waals surface area contributed by atoms with E-state index in [9.17, 15) is 0 Å². The molecule has 0 unspecified atom stereocenters. The van der Waals surface area contributed by atoms with Crippen molar-refractivity contribution in [3.63, 3.8) is 0 Å². The van der Waals surface area contributed by atoms with Crippen molar-refractivity contribution >= 4 is 0 Å². The summed E-state index contributed by atoms with van der Waals surface area (Å²) in [6.45, 7) is 5.16. The molecule has 20 heavy (non-hydrogen) atoms. The predicted molar refractivity (Wildman–Crippen MR) is 81.1 cm³/mol. The van der Waals surface area contributed by atoms with E-state index in [-0.39, 0.29) is 0 Å². The van der Waals surface area contributed by atoms with Crippen molar-refractivity contribution < 1.29 is 9.47 Å². The van der Waals surface area contributed by atoms with Crippen molar-refractivity contribution in [3.8, 4) is 11.5 Å². The number of methoxy groups -OCH3 is 1. The van der Waals surface area contributed by atoms with Gasteiger partial charge >= 0.3 is 0 Å². The van der Waals surface area contributed by atoms with Crippen molar-refractivity contribution in [1.29, 1.82) is 0 Å². The molecule has 2 aromatic rings. The Labute approximate surface area is 120 Å². The van der Waals surface area contributed by atoms with E-state index >= 15 is 0 Å². The van der Waals surface area contributed by atoms with E-state index in [1.807, 2.05) is 18.2 Å². The lowest BCUT2D eigenvalue weighted by Gasteiger charge is -2.13. The largest absolute Gasteiger partial charge is 0.497 e. The van der Waals surface area contributed by atoms with Crippen LogP contribution in [0.3, 0.4) is 0 Å². The fourth-order valence-corrected chi connectivity index (χ4v) is 2.08. The summed E-state index contributed by atoms with van der Waals surface area (Å²) in [5, 5.41) is 0. The van der Waals surface area contributed by atoms with E-state index < -0.39 is 0 Å². The highest BCUT2D eigenvalue weighted by Crippen LogP contribution is 2.25. The molecule has 3 heteroatoms. The molecule has 0 fully saturated rings. The van der Waals surface area contributed by atoms with Gasteiger partial charge in [-0.1, -0.05) is 29.8 Å². The first-order valence-electron chi connectivity index (χ1n) is 6.70. The summed E-state index contributed by atoms with van der Waals surface area (Å²) in [6.07, 6.45) is 0. The van der Waals surface area contributed by atoms with Crippen LogP contribution in [-0.4, -0.2) is 7.11 Å². The van der Waals surface area contributed by atoms with Gasteiger partial charge in [0, 0.05) is 18.2 Å². The van der Waals surface area contributed by atoms with Crippen LogP contribution >= 0.6 is 0 Å². The summed E-state index contributed by atoms with van der Waals surface area (Å²) in [5.74, 6) is 1.56. The zero-order valence-corrected chi connectivity index (χ0v) is 12.3. The maximum Gasteiger partial charge on any atom is 0.127 e. The predicted octanol–water partition coefficient (Wildman–Crippen LogP) is 3.35. The molecule has 0 spiro atoms. The molecule has 0 heterocycles. The van der Waals surface area contributed by atoms with Crippen LogP contribution in [0.25, 0.3) is 0 Å². The Kier molecular flexibility index (Phi) is 4.64. The van der Waals surface area contributed by atoms with Crippen molar-refractivity contribution in [1.82, 2.24) is 0 Å². The number of nitrogens with two attached hydrogens (primary N) is 1. The SMILES string of the molecule is COc1ccc(CN)c(OCc2cc(C)ccc2C)c1. The van der Waals surface area contributed by atoms with Crippen LogP contribution in [0.1, 0.15) is 22.3 Å². The van der Waals surface area contributed by atoms with Gasteiger partial charge in [0.05, 0.1) is 7.11 Å². The summed E-state index contributed by atoms with van der Waals surface area (Å²) in [5.41, 5.74) is 10.4. The van der Waals surface area contributed by atoms with Crippen molar-refractivity contribution in [2.45, 2.75) is 27.0 Å². The molecule has 0 aromatic heterocycles. The highest BCUT2D eigenvalue weighted by Gasteiger charge is 2.06. The Bertz CT molecular complexity index is 594. The van der Waals surface area contributed by atoms with E-state index in [2.05, 4.69) is 32.0 Å². The molecule has 106 valence electrons. The quantitative estimate of drug-likeness (QED) is 0.907. The first-order chi connectivity index (χ1) is 9.63. The molecule has 0 aliphatic rings. The number of hydrogen-bond acceptors (Lipinski definition) is 3. The second-order valence-electron chi connectivity index (χ2n) is 4.90. The number of hydrogen-bond donors (Lipinski definition) is 1. The van der Waals surface area contributed by atoms with Crippen LogP contribution in [0, 0.1) is 13.8 Å². The van der Waals surface area contributed by atoms with E-state index in [1.165, 1.54) is 16.7 Å². The number of rotatable bonds is 5. The lowest BCUT2D eigenvalue weighted by atomic mass is 10.1. The van der Waals surface area contributed by atoms with Crippen molar-refractivity contribution in [2.24, 2.45) is 5.73 Å². The van der Waals surface area contributed by atoms with Gasteiger partial charge in [0.1, 0.15) is 18.1 Å². The number of aryl methyl sites for hydroxylation is 2. The van der Waals surface area contributed by atoms with E-state index in [4.69, 9.17) is 15.2 Å². The minimum Gasteiger partial charge on any atom is -0.497 e. The lowest BCUT2D eigenvalue weighted by Crippen LogP contribution is -2.04. The molecule has 2 N–H and O–H groups in total. The highest BCUT2D eigenvalue weighted by atomic mass is 16.5. The second-order valence-corrected chi connectivity index (χ2v) is 4.90. The molecule has 0 atom stereocenters. The first-order valence-corrected chi connectivity index (χ1v) is 6.70. The van der Waals surface area contributed by atoms with Gasteiger partial charge in [-0.2, -0.15) is 0 Å². The molecule has 0 aliphatic heterocycles. The number of benzene rings is 2. The summed E-state index contributed by atoms with van der Waals surface area (Å²) in [7, 11) is 1.64. The van der Waals surface area contributed by atoms with Crippen LogP contribution < -0.4 is 15.2 Å². The molecule has 0 aliphatic carbocycles. The Morgan fingerprint density at radius 1 is 1.00 bits per heavy atom. The summed E-state index contributed by atoms with van der Waals surface area (Å²) >= 11 is 0. The second kappa shape index (κ2) is 6.44. The van der Waals surface area contributed by atoms with Gasteiger partial charge < -0.3 is 15.2 Å². The lowest BCUT2D eigenvalue weighted by molar-refractivity contribution is 0.299. The van der Waals surface area contributed by atoms with Gasteiger partial charge in [0.15, 0.2) is 0 Å². The van der Waals surface area contributed by atoms with Crippen molar-refractivity contribution in [3.05, 3.63) is 58.7 Å². The third kappa shape index (κ3) is 3.31. The van der Waals surface area contributed by atoms with Crippen LogP contribution in [-0.2, 0) is 13.2 Å². The summed E-state index contributed by atoms with van der Waals surface area (Å²) in [6, 6.07) is 12.1. The zero-order valence-electron chi connectivity index (χ0n) is 12.3. The Balaban J connectivity index is 2.19. The van der Waals surface area contributed by atoms with Crippen molar-refractivity contribution in [2.75, 3.05) is 7.11 Å². The summed E-state index contributed by atoms with van der Waals surface area (Å²) < 4.78 is 11.2. The maximum absolute atomic E-state index is 5.93. The standard InChI is InChI=1S/C17H21NO2/c1-12-4-5-13(2)15(8-12)11-20-17-9-16(19-3)7-6-14(17)10-18/h4-9H,10-11,18H2,1-3H3. The normalized spacial score (nSPS) is 10.4. The Morgan fingerprint density at radius 3 is 2.50 bits per heavy atom. The number of ether oxygens (including phenoxy) is 2. The minimum atomic E-state index is 0.451. The minimum absolute atomic E-state index is 0.451. The molecule has 0 bridgehead atoms. The Hall–Kier alpha value is -2.00. The van der Waals surface area contributed by atoms with Gasteiger partial charge in [-0.15, -0.1) is 0 Å². The third-order valence-corrected chi connectivity index (χ3v) is 3.38. The van der Waals surface area contributed by atoms with Crippen LogP contribution in [0.2, 0.25) is 0 Å². The molecule has 2 rings (SSSR count). The zero-order chi connectivity index (χ0) is 14.5. The van der Waals surface area contributed by atoms with Crippen LogP contribution in [0.15, 0.2) is 36.4 Å². The van der Waals surface area contributed by atoms with E-state index in [0.717, 1.165) is 17.1 Å². The third-order valence-electron chi connectivity index (χ3n) is 3.38. The van der Waals surface area contributed by atoms with E-state index in [1.54, 1.807) is 7.11 Å². The maximum atomic E-state index is 5.93. The van der Waals surface area contributed by atoms with Gasteiger partial charge in [-0.3, -0.25) is 0 Å². The molecule has 0 radical (unpaired) electrons. The smallest absolute Gasteiger partial charge is 0.127 e. The topological polar surface area (TPSA) is 44.5 Å². The summed E-state index contributed by atoms with van der Waals surface area (Å²) in [4.78, 5) is 0. The average Bonchev–Trinajstić information content (AvgIpc) is 2.47. The molecular formula is C17H21NO2. The van der Waals surface area contributed by atoms with Gasteiger partial charge in [0.25, 0.3) is 0 Å². The van der Waals surface area contributed by atoms with Gasteiger partial charge in [-0.25, -0.2) is 0 Å². The van der Waals surface area contributed by atoms with Gasteiger partial charge in [-0.05, 0) is 31.0 Å². The molecule has 0 saturated heterocycles. The van der Waals surface area contributed by atoms with Crippen LogP contribution in [0.4, 0.5) is 0 Å². The molecule has 2 aromatic carbocycles.